The van der Waals surface area contributed by atoms with E-state index in [0.717, 1.165) is 39.3 Å². The maximum atomic E-state index is 11.9. The maximum Gasteiger partial charge on any atom is 1.00 e. The molecule has 0 spiro atoms. The van der Waals surface area contributed by atoms with E-state index in [1.165, 1.54) is 13.1 Å². The molecule has 4 N–H and O–H groups in total. The topological polar surface area (TPSA) is 922 Å². The number of hydrogen-bond acceptors (Lipinski definition) is 52. The Morgan fingerprint density at radius 2 is 0.829 bits per heavy atom. The minimum atomic E-state index is -5.80. The Balaban J connectivity index is -0.000000480. The van der Waals surface area contributed by atoms with Crippen molar-refractivity contribution in [1.29, 1.82) is 0 Å². The van der Waals surface area contributed by atoms with Gasteiger partial charge in [0.2, 0.25) is 114 Å². The zero-order valence-corrected chi connectivity index (χ0v) is 94.1. The number of halogens is 2. The summed E-state index contributed by atoms with van der Waals surface area (Å²) in [5, 5.41) is 21.3. The molecule has 3 aliphatic heterocycles. The van der Waals surface area contributed by atoms with Gasteiger partial charge in [0.1, 0.15) is 30.7 Å². The summed E-state index contributed by atoms with van der Waals surface area (Å²) in [6, 6.07) is 0. The van der Waals surface area contributed by atoms with Gasteiger partial charge in [0, 0.05) is 43.7 Å². The minimum Gasteiger partial charge on any atom is -0.726 e. The van der Waals surface area contributed by atoms with Crippen LogP contribution >= 0.6 is 23.2 Å². The zero-order chi connectivity index (χ0) is 81.6. The van der Waals surface area contributed by atoms with Crippen molar-refractivity contribution in [3.05, 3.63) is 61.4 Å². The van der Waals surface area contributed by atoms with E-state index in [1.54, 1.807) is 0 Å². The van der Waals surface area contributed by atoms with Crippen LogP contribution in [0.1, 0.15) is 23.5 Å². The molecule has 0 bridgehead atoms. The Kier molecular flexibility index (Phi) is 74.7. The second-order valence-electron chi connectivity index (χ2n) is 19.9. The van der Waals surface area contributed by atoms with Crippen molar-refractivity contribution in [3.63, 3.8) is 0 Å². The van der Waals surface area contributed by atoms with Gasteiger partial charge in [0.15, 0.2) is 6.29 Å². The molecule has 1 unspecified atom stereocenters. The van der Waals surface area contributed by atoms with E-state index >= 15 is 0 Å². The largest absolute Gasteiger partial charge is 1.00 e. The van der Waals surface area contributed by atoms with Crippen LogP contribution in [0.25, 0.3) is 0 Å². The smallest absolute Gasteiger partial charge is 0.726 e. The van der Waals surface area contributed by atoms with Crippen molar-refractivity contribution in [2.75, 3.05) is 12.5 Å². The van der Waals surface area contributed by atoms with Gasteiger partial charge in [0.05, 0.1) is 55.7 Å². The van der Waals surface area contributed by atoms with Crippen molar-refractivity contribution in [3.8, 4) is 0 Å². The molecule has 1 aliphatic carbocycles. The van der Waals surface area contributed by atoms with Crippen LogP contribution in [0, 0.1) is 38.5 Å². The molecule has 4 fully saturated rings. The van der Waals surface area contributed by atoms with Gasteiger partial charge in [0.25, 0.3) is 0 Å². The average molecular weight is 2060 g/mol. The van der Waals surface area contributed by atoms with E-state index in [0.29, 0.717) is 18.5 Å². The first-order valence-corrected chi connectivity index (χ1v) is 41.6. The Morgan fingerprint density at radius 1 is 0.462 bits per heavy atom. The van der Waals surface area contributed by atoms with E-state index in [2.05, 4.69) is 56.0 Å². The predicted molar refractivity (Wildman–Crippen MR) is 302 cm³/mol. The Morgan fingerprint density at radius 3 is 1.24 bits per heavy atom. The van der Waals surface area contributed by atoms with Gasteiger partial charge in [-0.2, -0.15) is 11.6 Å². The van der Waals surface area contributed by atoms with E-state index in [4.69, 9.17) is 126 Å². The van der Waals surface area contributed by atoms with Gasteiger partial charge in [-0.25, -0.2) is 115 Å². The minimum absolute atomic E-state index is 0. The van der Waals surface area contributed by atoms with Crippen molar-refractivity contribution < 1.29 is 544 Å². The molecular weight excluding hydrogens is 2010 g/mol. The van der Waals surface area contributed by atoms with Crippen molar-refractivity contribution in [1.82, 2.24) is 45.0 Å². The molecule has 6 heterocycles. The molecule has 59 nitrogen and oxygen atoms in total. The number of rotatable bonds is 30. The van der Waals surface area contributed by atoms with Gasteiger partial charge in [-0.15, -0.1) is 26.9 Å². The Bertz CT molecular complexity index is 4610. The van der Waals surface area contributed by atoms with Gasteiger partial charge < -0.3 is 95.2 Å². The maximum absolute atomic E-state index is 11.9. The summed E-state index contributed by atoms with van der Waals surface area (Å²) in [5.41, 5.74) is -2.05. The first-order chi connectivity index (χ1) is 47.5. The van der Waals surface area contributed by atoms with Gasteiger partial charge in [-0.1, -0.05) is 21.0 Å². The third-order valence-electron chi connectivity index (χ3n) is 11.7. The molecule has 3 saturated heterocycles. The van der Waals surface area contributed by atoms with Crippen molar-refractivity contribution in [2.45, 2.75) is 131 Å². The van der Waals surface area contributed by atoms with Crippen LogP contribution in [0.5, 0.6) is 0 Å². The van der Waals surface area contributed by atoms with Crippen molar-refractivity contribution >= 4 is 138 Å². The second-order valence-corrected chi connectivity index (χ2v) is 31.2. The number of aryl methyl sites for hydroxylation is 1. The molecule has 0 aromatic carbocycles. The van der Waals surface area contributed by atoms with E-state index in [-0.39, 0.29) is 337 Å². The third-order valence-corrected chi connectivity index (χ3v) is 15.7. The molecule has 3 aromatic rings. The van der Waals surface area contributed by atoms with Crippen molar-refractivity contribution in [2.24, 2.45) is 5.92 Å². The summed E-state index contributed by atoms with van der Waals surface area (Å²) in [6.07, 6.45) is -18.2. The van der Waals surface area contributed by atoms with E-state index in [9.17, 15) is 90.8 Å². The molecule has 3 aromatic heterocycles. The number of ether oxygens (including phenoxy) is 6. The van der Waals surface area contributed by atoms with Crippen LogP contribution in [0.4, 0.5) is 0 Å². The summed E-state index contributed by atoms with van der Waals surface area (Å²) < 4.78 is 445. The fourth-order valence-electron chi connectivity index (χ4n) is 8.65. The first kappa shape index (κ1) is 142. The van der Waals surface area contributed by atoms with Crippen LogP contribution in [0.15, 0.2) is 18.6 Å². The van der Waals surface area contributed by atoms with Gasteiger partial charge in [-0.05, 0) is 43.2 Å². The number of hydrogen-bond donors (Lipinski definition) is 4. The molecule has 117 heavy (non-hydrogen) atoms. The number of alkyl halides is 2. The summed E-state index contributed by atoms with van der Waals surface area (Å²) in [5.74, 6) is -1.91. The molecule has 7 rings (SSSR count). The van der Waals surface area contributed by atoms with Crippen LogP contribution in [0.3, 0.4) is 0 Å². The van der Waals surface area contributed by atoms with Crippen LogP contribution in [-0.4, -0.2) is 303 Å². The standard InChI is InChI=1S/C34H47Cl2N9O34S7.11Na.4H2O4S/c1-17-8-43(40-37-17)12-27-32(79-86(64,65)66)24(75-82(52,53)54)5-30(71-27)68-16-45-10-19(38-42-45)2-22-31(78-85(61,62)63)23(74-81(49,50)51)4-29(70-22)67-13-20-11-44(41-39-20)9-18-6-34(15-35,7-26(18)77-84(58,59)60)73-33-25(76-83(55,56)57)3-21(36)28(72-33)14-69-80(46,47)48;;;;;;;;;;;;4*1-5(2,3)4/h3-5,7-8,10-11,18,21-33H,2,6,9,12-16H2,1H3,(H,46,47,48)(H,49,50,51)(H,52,53,54)(H,55,56,57)(H,58,59,60)(H,61,62,63)(H,64,65,66);;;;;;;;;;;;4*(H2,1,2,3,4)/q-4;11*+1;;;;/p-11/t18-,21-,22-,23-,24+,25-,26+,27+,28-,29-,30+,31+,32+,33?,34-;;;;;;;;;;;;;;;/m1.............../s1. The Labute approximate surface area is 920 Å². The molecule has 0 amide bonds. The van der Waals surface area contributed by atoms with Gasteiger partial charge >= 0.3 is 325 Å². The molecule has 4 aliphatic rings. The second kappa shape index (κ2) is 61.4. The predicted octanol–water partition coefficient (Wildman–Crippen LogP) is -43.6. The summed E-state index contributed by atoms with van der Waals surface area (Å²) >= 11 is 12.4. The molecule has 15 atom stereocenters. The SMILES string of the molecule is Cc1cn(C[C@@H]2O[C@H](OCn3cc(C[C@H]4O[C@@H](OCc5cn(C[C@H]6C[C@@](CCl)(OC7O[C@H](COS(=O)(=O)[O-])[C@H](Cl)[CH-][C@H]7OS(=O)(=O)[O-])[CH-][C@@H]6OS(=O)(=O)[O-])nn5)[CH-][C@@H](OS(=O)(=O)[O-])[C@H]4OS(=O)(=O)[O-])nn3)[CH-][C@H](OS(=O)(=O)[O-])[C@@H]2OS(=O)(=O)[O-])nn1.O=S(=O)([O-])O.O=S(=O)([O-])O.O=S(=O)([O-])O.O=S(=O)([O-])O.[Na+].[Na+].[Na+].[Na+].[Na+].[Na+].[Na+].[Na+].[Na+].[Na+].[Na+]. The van der Waals surface area contributed by atoms with Gasteiger partial charge in [-0.3, -0.25) is 48.3 Å². The van der Waals surface area contributed by atoms with E-state index in [1.807, 2.05) is 0 Å². The van der Waals surface area contributed by atoms with E-state index < -0.39 is 257 Å². The third kappa shape index (κ3) is 68.9. The fourth-order valence-corrected chi connectivity index (χ4v) is 12.3. The number of nitrogens with zero attached hydrogens (tertiary/aromatic N) is 9. The van der Waals surface area contributed by atoms with Crippen LogP contribution < -0.4 is 325 Å². The zero-order valence-electron chi connectivity index (χ0n) is 61.6. The number of aromatic nitrogens is 9. The summed E-state index contributed by atoms with van der Waals surface area (Å²) in [7, 11) is -59.1. The quantitative estimate of drug-likeness (QED) is 0.0158. The monoisotopic (exact) mass is 2050 g/mol. The molecule has 83 heteroatoms. The normalized spacial score (nSPS) is 24.8. The fraction of sp³-hybridized carbons (Fsp3) is 0.706. The van der Waals surface area contributed by atoms with Crippen LogP contribution in [0.2, 0.25) is 0 Å². The molecular formula is C34H44Cl2N9Na11O50S11-4. The molecule has 620 valence electrons. The first-order valence-electron chi connectivity index (χ1n) is 25.9. The molecule has 0 radical (unpaired) electrons. The average Bonchev–Trinajstić information content (AvgIpc) is 1.73. The van der Waals surface area contributed by atoms with Crippen LogP contribution in [-0.2, 0) is 205 Å². The summed E-state index contributed by atoms with van der Waals surface area (Å²) in [6.45, 7) is -1.99. The molecule has 1 saturated carbocycles. The summed E-state index contributed by atoms with van der Waals surface area (Å²) in [4.78, 5) is 0. The Hall–Kier alpha value is 7.33.